The second-order valence-corrected chi connectivity index (χ2v) is 3.38. The molecule has 2 N–H and O–H groups in total. The Morgan fingerprint density at radius 3 is 2.94 bits per heavy atom. The van der Waals surface area contributed by atoms with Crippen LogP contribution in [0.25, 0.3) is 0 Å². The number of ether oxygens (including phenoxy) is 2. The highest BCUT2D eigenvalue weighted by atomic mass is 16.5. The Hall–Kier alpha value is -2.19. The average molecular weight is 249 g/mol. The van der Waals surface area contributed by atoms with Gasteiger partial charge in [-0.25, -0.2) is 0 Å². The van der Waals surface area contributed by atoms with Crippen molar-refractivity contribution in [2.45, 2.75) is 6.61 Å². The van der Waals surface area contributed by atoms with E-state index in [2.05, 4.69) is 11.2 Å². The number of carbonyl (C=O) groups excluding carboxylic acids is 1. The van der Waals surface area contributed by atoms with Crippen molar-refractivity contribution in [1.82, 2.24) is 5.32 Å². The molecule has 18 heavy (non-hydrogen) atoms. The molecule has 1 amide bonds. The highest BCUT2D eigenvalue weighted by molar-refractivity contribution is 5.77. The van der Waals surface area contributed by atoms with Crippen LogP contribution in [0, 0.1) is 12.3 Å². The normalized spacial score (nSPS) is 9.39. The van der Waals surface area contributed by atoms with Gasteiger partial charge in [-0.1, -0.05) is 18.1 Å². The molecule has 0 atom stereocenters. The molecule has 0 aliphatic heterocycles. The zero-order valence-electron chi connectivity index (χ0n) is 10.1. The third kappa shape index (κ3) is 3.68. The van der Waals surface area contributed by atoms with Crippen molar-refractivity contribution in [1.29, 1.82) is 0 Å². The summed E-state index contributed by atoms with van der Waals surface area (Å²) in [6.07, 6.45) is 5.02. The largest absolute Gasteiger partial charge is 0.493 e. The average Bonchev–Trinajstić information content (AvgIpc) is 2.42. The quantitative estimate of drug-likeness (QED) is 0.712. The van der Waals surface area contributed by atoms with Crippen molar-refractivity contribution in [2.75, 3.05) is 20.3 Å². The van der Waals surface area contributed by atoms with Gasteiger partial charge >= 0.3 is 0 Å². The third-order valence-electron chi connectivity index (χ3n) is 2.19. The summed E-state index contributed by atoms with van der Waals surface area (Å²) in [7, 11) is 1.49. The number of benzene rings is 1. The first-order valence-corrected chi connectivity index (χ1v) is 5.32. The zero-order valence-corrected chi connectivity index (χ0v) is 10.1. The number of hydrogen-bond donors (Lipinski definition) is 2. The number of terminal acetylenes is 1. The Kier molecular flexibility index (Phi) is 5.55. The van der Waals surface area contributed by atoms with E-state index in [1.807, 2.05) is 0 Å². The monoisotopic (exact) mass is 249 g/mol. The van der Waals surface area contributed by atoms with Crippen LogP contribution >= 0.6 is 0 Å². The predicted octanol–water partition coefficient (Wildman–Crippen LogP) is 0.316. The fourth-order valence-corrected chi connectivity index (χ4v) is 1.35. The number of amides is 1. The van der Waals surface area contributed by atoms with Crippen molar-refractivity contribution in [2.24, 2.45) is 0 Å². The van der Waals surface area contributed by atoms with Crippen LogP contribution in [-0.2, 0) is 11.4 Å². The highest BCUT2D eigenvalue weighted by Gasteiger charge is 2.11. The zero-order chi connectivity index (χ0) is 13.4. The minimum atomic E-state index is -0.331. The minimum Gasteiger partial charge on any atom is -0.493 e. The van der Waals surface area contributed by atoms with Crippen molar-refractivity contribution >= 4 is 5.91 Å². The molecule has 0 saturated carbocycles. The molecule has 1 rings (SSSR count). The molecule has 0 radical (unpaired) electrons. The van der Waals surface area contributed by atoms with Crippen molar-refractivity contribution in [3.8, 4) is 23.8 Å². The van der Waals surface area contributed by atoms with E-state index in [0.717, 1.165) is 0 Å². The summed E-state index contributed by atoms with van der Waals surface area (Å²) in [4.78, 5) is 11.3. The Morgan fingerprint density at radius 1 is 1.56 bits per heavy atom. The van der Waals surface area contributed by atoms with Gasteiger partial charge in [-0.15, -0.1) is 6.42 Å². The first-order chi connectivity index (χ1) is 8.72. The lowest BCUT2D eigenvalue weighted by atomic mass is 10.2. The topological polar surface area (TPSA) is 67.8 Å². The van der Waals surface area contributed by atoms with Gasteiger partial charge in [-0.2, -0.15) is 0 Å². The van der Waals surface area contributed by atoms with Crippen LogP contribution in [0.5, 0.6) is 11.5 Å². The van der Waals surface area contributed by atoms with Crippen LogP contribution in [0.4, 0.5) is 0 Å². The van der Waals surface area contributed by atoms with Crippen LogP contribution in [-0.4, -0.2) is 31.3 Å². The fraction of sp³-hybridized carbons (Fsp3) is 0.308. The molecule has 1 aromatic carbocycles. The smallest absolute Gasteiger partial charge is 0.258 e. The first-order valence-electron chi connectivity index (χ1n) is 5.32. The second-order valence-electron chi connectivity index (χ2n) is 3.38. The van der Waals surface area contributed by atoms with E-state index >= 15 is 0 Å². The Balaban J connectivity index is 2.71. The fourth-order valence-electron chi connectivity index (χ4n) is 1.35. The molecule has 0 fully saturated rings. The van der Waals surface area contributed by atoms with E-state index in [1.54, 1.807) is 18.2 Å². The maximum Gasteiger partial charge on any atom is 0.258 e. The van der Waals surface area contributed by atoms with Gasteiger partial charge in [0.2, 0.25) is 0 Å². The predicted molar refractivity (Wildman–Crippen MR) is 66.3 cm³/mol. The molecule has 96 valence electrons. The number of aliphatic hydroxyl groups is 1. The number of methoxy groups -OCH3 is 1. The summed E-state index contributed by atoms with van der Waals surface area (Å²) < 4.78 is 10.4. The maximum atomic E-state index is 11.3. The van der Waals surface area contributed by atoms with Gasteiger partial charge in [0.25, 0.3) is 5.91 Å². The van der Waals surface area contributed by atoms with Crippen molar-refractivity contribution < 1.29 is 19.4 Å². The Morgan fingerprint density at radius 2 is 2.33 bits per heavy atom. The molecule has 1 aromatic rings. The number of hydrogen-bond acceptors (Lipinski definition) is 4. The van der Waals surface area contributed by atoms with E-state index in [4.69, 9.17) is 15.9 Å². The van der Waals surface area contributed by atoms with Gasteiger partial charge in [0.15, 0.2) is 18.1 Å². The standard InChI is InChI=1S/C13H15NO4/c1-3-7-14-12(16)9-18-13-10(8-15)5-4-6-11(13)17-2/h1,4-6,15H,7-9H2,2H3,(H,14,16). The van der Waals surface area contributed by atoms with Gasteiger partial charge in [-0.3, -0.25) is 4.79 Å². The van der Waals surface area contributed by atoms with Crippen LogP contribution in [0.15, 0.2) is 18.2 Å². The molecule has 0 aromatic heterocycles. The Labute approximate surface area is 106 Å². The van der Waals surface area contributed by atoms with Crippen LogP contribution in [0.3, 0.4) is 0 Å². The lowest BCUT2D eigenvalue weighted by Gasteiger charge is -2.13. The molecule has 0 bridgehead atoms. The number of nitrogens with one attached hydrogen (secondary N) is 1. The van der Waals surface area contributed by atoms with E-state index in [0.29, 0.717) is 17.1 Å². The number of carbonyl (C=O) groups is 1. The SMILES string of the molecule is C#CCNC(=O)COc1c(CO)cccc1OC. The van der Waals surface area contributed by atoms with E-state index in [9.17, 15) is 9.90 Å². The van der Waals surface area contributed by atoms with Gasteiger partial charge in [-0.05, 0) is 6.07 Å². The molecule has 0 aliphatic carbocycles. The molecular formula is C13H15NO4. The van der Waals surface area contributed by atoms with Crippen LogP contribution in [0.1, 0.15) is 5.56 Å². The summed E-state index contributed by atoms with van der Waals surface area (Å²) >= 11 is 0. The number of aliphatic hydroxyl groups excluding tert-OH is 1. The van der Waals surface area contributed by atoms with E-state index in [-0.39, 0.29) is 25.7 Å². The molecule has 0 heterocycles. The lowest BCUT2D eigenvalue weighted by Crippen LogP contribution is -2.29. The van der Waals surface area contributed by atoms with Gasteiger partial charge < -0.3 is 19.9 Å². The van der Waals surface area contributed by atoms with Gasteiger partial charge in [0, 0.05) is 5.56 Å². The van der Waals surface area contributed by atoms with Crippen LogP contribution < -0.4 is 14.8 Å². The molecule has 5 heteroatoms. The Bertz CT molecular complexity index is 429. The van der Waals surface area contributed by atoms with Gasteiger partial charge in [0.1, 0.15) is 0 Å². The van der Waals surface area contributed by atoms with Crippen molar-refractivity contribution in [3.05, 3.63) is 23.8 Å². The van der Waals surface area contributed by atoms with Crippen molar-refractivity contribution in [3.63, 3.8) is 0 Å². The summed E-state index contributed by atoms with van der Waals surface area (Å²) in [6, 6.07) is 5.11. The summed E-state index contributed by atoms with van der Waals surface area (Å²) in [6.45, 7) is -0.228. The van der Waals surface area contributed by atoms with E-state index in [1.165, 1.54) is 7.11 Å². The summed E-state index contributed by atoms with van der Waals surface area (Å²) in [5.41, 5.74) is 0.555. The maximum absolute atomic E-state index is 11.3. The number of para-hydroxylation sites is 1. The van der Waals surface area contributed by atoms with Crippen LogP contribution in [0.2, 0.25) is 0 Å². The lowest BCUT2D eigenvalue weighted by molar-refractivity contribution is -0.122. The molecule has 0 spiro atoms. The first kappa shape index (κ1) is 13.9. The highest BCUT2D eigenvalue weighted by Crippen LogP contribution is 2.30. The second kappa shape index (κ2) is 7.20. The third-order valence-corrected chi connectivity index (χ3v) is 2.19. The summed E-state index contributed by atoms with van der Waals surface area (Å²) in [5.74, 6) is 2.78. The minimum absolute atomic E-state index is 0.154. The summed E-state index contributed by atoms with van der Waals surface area (Å²) in [5, 5.41) is 11.7. The molecule has 0 aliphatic rings. The molecule has 0 saturated heterocycles. The molecular weight excluding hydrogens is 234 g/mol. The number of rotatable bonds is 6. The van der Waals surface area contributed by atoms with E-state index < -0.39 is 0 Å². The molecule has 5 nitrogen and oxygen atoms in total. The molecule has 0 unspecified atom stereocenters. The van der Waals surface area contributed by atoms with Gasteiger partial charge in [0.05, 0.1) is 20.3 Å².